The van der Waals surface area contributed by atoms with Crippen LogP contribution in [0.5, 0.6) is 0 Å². The molecule has 3 aromatic rings. The molecule has 1 saturated heterocycles. The van der Waals surface area contributed by atoms with Crippen molar-refractivity contribution in [3.8, 4) is 10.6 Å². The molecule has 0 saturated carbocycles. The van der Waals surface area contributed by atoms with Gasteiger partial charge in [-0.15, -0.1) is 11.3 Å². The number of urea groups is 1. The van der Waals surface area contributed by atoms with Gasteiger partial charge in [-0.25, -0.2) is 14.8 Å². The molecule has 0 spiro atoms. The van der Waals surface area contributed by atoms with Gasteiger partial charge in [0, 0.05) is 19.3 Å². The number of nitrogens with zero attached hydrogens (tertiary/aromatic N) is 4. The van der Waals surface area contributed by atoms with Gasteiger partial charge in [-0.3, -0.25) is 9.69 Å². The lowest BCUT2D eigenvalue weighted by molar-refractivity contribution is -0.132. The molecule has 1 fully saturated rings. The zero-order valence-electron chi connectivity index (χ0n) is 17.2. The molecule has 1 aliphatic rings. The maximum atomic E-state index is 13.0. The Balaban J connectivity index is 1.41. The van der Waals surface area contributed by atoms with Crippen molar-refractivity contribution in [3.63, 3.8) is 0 Å². The van der Waals surface area contributed by atoms with Gasteiger partial charge in [0.2, 0.25) is 5.95 Å². The fourth-order valence-corrected chi connectivity index (χ4v) is 5.10. The highest BCUT2D eigenvalue weighted by atomic mass is 127. The normalized spacial score (nSPS) is 15.6. The van der Waals surface area contributed by atoms with Crippen molar-refractivity contribution in [2.24, 2.45) is 0 Å². The quantitative estimate of drug-likeness (QED) is 0.349. The second-order valence-corrected chi connectivity index (χ2v) is 10.6. The maximum absolute atomic E-state index is 13.0. The number of anilines is 1. The lowest BCUT2D eigenvalue weighted by Gasteiger charge is -2.27. The Morgan fingerprint density at radius 3 is 2.58 bits per heavy atom. The van der Waals surface area contributed by atoms with E-state index in [1.165, 1.54) is 7.78 Å². The Bertz CT molecular complexity index is 1100. The number of nitrogens with one attached hydrogen (secondary N) is 1. The molecular formula is C22H22IN5O2S. The van der Waals surface area contributed by atoms with E-state index in [0.29, 0.717) is 19.0 Å². The van der Waals surface area contributed by atoms with Gasteiger partial charge in [-0.1, -0.05) is 30.3 Å². The van der Waals surface area contributed by atoms with Crippen molar-refractivity contribution in [1.82, 2.24) is 19.8 Å². The molecule has 3 amide bonds. The van der Waals surface area contributed by atoms with Gasteiger partial charge >= 0.3 is 6.03 Å². The second kappa shape index (κ2) is 8.91. The third-order valence-corrected chi connectivity index (χ3v) is 7.10. The lowest BCUT2D eigenvalue weighted by atomic mass is 10.0. The first-order chi connectivity index (χ1) is 14.9. The van der Waals surface area contributed by atoms with Crippen molar-refractivity contribution < 1.29 is 9.59 Å². The second-order valence-electron chi connectivity index (χ2n) is 7.67. The van der Waals surface area contributed by atoms with E-state index in [2.05, 4.69) is 43.9 Å². The highest BCUT2D eigenvalue weighted by molar-refractivity contribution is 14.1. The van der Waals surface area contributed by atoms with E-state index in [9.17, 15) is 9.59 Å². The van der Waals surface area contributed by atoms with Crippen LogP contribution in [0.4, 0.5) is 10.7 Å². The maximum Gasteiger partial charge on any atom is 0.328 e. The van der Waals surface area contributed by atoms with Gasteiger partial charge in [0.15, 0.2) is 0 Å². The molecule has 1 N–H and O–H groups in total. The zero-order chi connectivity index (χ0) is 22.0. The van der Waals surface area contributed by atoms with E-state index in [-0.39, 0.29) is 18.5 Å². The van der Waals surface area contributed by atoms with Crippen LogP contribution in [0.25, 0.3) is 10.6 Å². The van der Waals surface area contributed by atoms with Crippen molar-refractivity contribution in [2.75, 3.05) is 18.4 Å². The molecule has 0 unspecified atom stereocenters. The summed E-state index contributed by atoms with van der Waals surface area (Å²) < 4.78 is 1.19. The van der Waals surface area contributed by atoms with Gasteiger partial charge in [-0.05, 0) is 60.2 Å². The Kier molecular flexibility index (Phi) is 6.24. The number of carbonyl (C=O) groups is 2. The number of carbonyl (C=O) groups excluding carboxylic acids is 2. The number of hydrogen-bond acceptors (Lipinski definition) is 6. The summed E-state index contributed by atoms with van der Waals surface area (Å²) in [6.07, 6.45) is 1.72. The summed E-state index contributed by atoms with van der Waals surface area (Å²) in [6, 6.07) is 15.2. The molecule has 7 nitrogen and oxygen atoms in total. The third-order valence-electron chi connectivity index (χ3n) is 5.19. The van der Waals surface area contributed by atoms with Crippen molar-refractivity contribution in [3.05, 3.63) is 63.2 Å². The summed E-state index contributed by atoms with van der Waals surface area (Å²) in [4.78, 5) is 38.8. The minimum absolute atomic E-state index is 0.188. The van der Waals surface area contributed by atoms with E-state index in [0.717, 1.165) is 16.1 Å². The molecule has 1 aliphatic heterocycles. The largest absolute Gasteiger partial charge is 0.352 e. The number of benzene rings is 1. The van der Waals surface area contributed by atoms with Crippen molar-refractivity contribution >= 4 is 51.8 Å². The van der Waals surface area contributed by atoms with Crippen LogP contribution in [0.1, 0.15) is 19.4 Å². The average molecular weight is 547 g/mol. The molecule has 160 valence electrons. The number of halogens is 1. The standard InChI is InChI=1S/C22H22IN5O2S/c1-22(2)19(29)27(14-15-6-4-3-5-7-15)21(30)28(22)13-12-25-20-24-11-10-16(26-20)17-8-9-18(23)31-17/h3-11H,12-14H2,1-2H3,(H,24,25,26). The first-order valence-corrected chi connectivity index (χ1v) is 11.8. The van der Waals surface area contributed by atoms with Crippen LogP contribution in [0, 0.1) is 2.88 Å². The topological polar surface area (TPSA) is 78.4 Å². The van der Waals surface area contributed by atoms with Crippen LogP contribution in [-0.2, 0) is 11.3 Å². The number of imide groups is 1. The Morgan fingerprint density at radius 1 is 1.10 bits per heavy atom. The number of rotatable bonds is 7. The highest BCUT2D eigenvalue weighted by Gasteiger charge is 2.50. The van der Waals surface area contributed by atoms with Gasteiger partial charge in [0.05, 0.1) is 20.0 Å². The minimum Gasteiger partial charge on any atom is -0.352 e. The summed E-state index contributed by atoms with van der Waals surface area (Å²) in [5.41, 5.74) is 0.879. The fraction of sp³-hybridized carbons (Fsp3) is 0.273. The molecule has 0 bridgehead atoms. The number of amides is 3. The molecule has 0 atom stereocenters. The summed E-state index contributed by atoms with van der Waals surface area (Å²) in [5.74, 6) is 0.310. The van der Waals surface area contributed by atoms with Crippen LogP contribution in [0.15, 0.2) is 54.7 Å². The van der Waals surface area contributed by atoms with Crippen molar-refractivity contribution in [2.45, 2.75) is 25.9 Å². The van der Waals surface area contributed by atoms with Crippen LogP contribution in [-0.4, -0.2) is 50.3 Å². The molecule has 4 rings (SSSR count). The molecule has 9 heteroatoms. The molecule has 3 heterocycles. The monoisotopic (exact) mass is 547 g/mol. The molecular weight excluding hydrogens is 525 g/mol. The van der Waals surface area contributed by atoms with E-state index in [1.54, 1.807) is 36.3 Å². The number of thiophene rings is 1. The third kappa shape index (κ3) is 4.57. The molecule has 31 heavy (non-hydrogen) atoms. The molecule has 0 aliphatic carbocycles. The summed E-state index contributed by atoms with van der Waals surface area (Å²) in [5, 5.41) is 3.18. The first kappa shape index (κ1) is 21.7. The van der Waals surface area contributed by atoms with Crippen LogP contribution in [0.2, 0.25) is 0 Å². The predicted molar refractivity (Wildman–Crippen MR) is 130 cm³/mol. The average Bonchev–Trinajstić information content (AvgIpc) is 3.26. The SMILES string of the molecule is CC1(C)C(=O)N(Cc2ccccc2)C(=O)N1CCNc1nccc(-c2ccc(I)s2)n1. The Hall–Kier alpha value is -2.53. The van der Waals surface area contributed by atoms with E-state index in [1.807, 2.05) is 42.5 Å². The summed E-state index contributed by atoms with van der Waals surface area (Å²) in [6.45, 7) is 4.65. The van der Waals surface area contributed by atoms with Crippen molar-refractivity contribution in [1.29, 1.82) is 0 Å². The molecule has 0 radical (unpaired) electrons. The zero-order valence-corrected chi connectivity index (χ0v) is 20.2. The Labute approximate surface area is 198 Å². The van der Waals surface area contributed by atoms with Gasteiger partial charge < -0.3 is 10.2 Å². The number of hydrogen-bond donors (Lipinski definition) is 1. The number of aromatic nitrogens is 2. The van der Waals surface area contributed by atoms with Crippen LogP contribution in [0.3, 0.4) is 0 Å². The van der Waals surface area contributed by atoms with E-state index < -0.39 is 5.54 Å². The van der Waals surface area contributed by atoms with E-state index >= 15 is 0 Å². The smallest absolute Gasteiger partial charge is 0.328 e. The van der Waals surface area contributed by atoms with Gasteiger partial charge in [-0.2, -0.15) is 0 Å². The predicted octanol–water partition coefficient (Wildman–Crippen LogP) is 4.46. The Morgan fingerprint density at radius 2 is 1.87 bits per heavy atom. The summed E-state index contributed by atoms with van der Waals surface area (Å²) in [7, 11) is 0. The first-order valence-electron chi connectivity index (χ1n) is 9.86. The van der Waals surface area contributed by atoms with Gasteiger partial charge in [0.1, 0.15) is 5.54 Å². The minimum atomic E-state index is -0.899. The molecule has 1 aromatic carbocycles. The lowest BCUT2D eigenvalue weighted by Crippen LogP contribution is -2.46. The fourth-order valence-electron chi connectivity index (χ4n) is 3.51. The highest BCUT2D eigenvalue weighted by Crippen LogP contribution is 2.29. The summed E-state index contributed by atoms with van der Waals surface area (Å²) >= 11 is 3.95. The van der Waals surface area contributed by atoms with Crippen LogP contribution >= 0.6 is 33.9 Å². The van der Waals surface area contributed by atoms with Crippen LogP contribution < -0.4 is 5.32 Å². The van der Waals surface area contributed by atoms with E-state index in [4.69, 9.17) is 0 Å². The van der Waals surface area contributed by atoms with Gasteiger partial charge in [0.25, 0.3) is 5.91 Å². The molecule has 2 aromatic heterocycles.